The molecule has 1 heterocycles. The molecule has 2 amide bonds. The summed E-state index contributed by atoms with van der Waals surface area (Å²) in [4.78, 5) is 40.1. The van der Waals surface area contributed by atoms with Crippen molar-refractivity contribution in [1.82, 2.24) is 15.6 Å². The van der Waals surface area contributed by atoms with Crippen molar-refractivity contribution in [2.75, 3.05) is 13.4 Å². The maximum absolute atomic E-state index is 14.0. The Morgan fingerprint density at radius 2 is 1.84 bits per heavy atom. The maximum atomic E-state index is 14.0. The quantitative estimate of drug-likeness (QED) is 0.423. The van der Waals surface area contributed by atoms with Gasteiger partial charge in [0.15, 0.2) is 6.04 Å². The minimum absolute atomic E-state index is 0.00561. The number of nitrogens with one attached hydrogen (secondary N) is 2. The van der Waals surface area contributed by atoms with Crippen molar-refractivity contribution in [2.24, 2.45) is 0 Å². The SMILES string of the molecule is COC(=O)C(NC(=O)c1cc(F)cc(CNC(=O)OC(C)(C)C)n1)C(C)OS(C)(=O)=O. The molecule has 0 aromatic carbocycles. The van der Waals surface area contributed by atoms with Gasteiger partial charge in [-0.05, 0) is 33.8 Å². The molecule has 2 N–H and O–H groups in total. The van der Waals surface area contributed by atoms with Crippen LogP contribution in [0.1, 0.15) is 43.9 Å². The van der Waals surface area contributed by atoms with Crippen LogP contribution in [0, 0.1) is 5.82 Å². The number of hydrogen-bond donors (Lipinski definition) is 2. The van der Waals surface area contributed by atoms with Gasteiger partial charge >= 0.3 is 12.1 Å². The molecule has 1 aromatic rings. The van der Waals surface area contributed by atoms with Gasteiger partial charge in [-0.15, -0.1) is 0 Å². The molecule has 0 saturated heterocycles. The average Bonchev–Trinajstić information content (AvgIpc) is 2.60. The molecule has 13 heteroatoms. The van der Waals surface area contributed by atoms with E-state index in [4.69, 9.17) is 8.92 Å². The Morgan fingerprint density at radius 3 is 2.35 bits per heavy atom. The molecule has 11 nitrogen and oxygen atoms in total. The van der Waals surface area contributed by atoms with Gasteiger partial charge in [-0.2, -0.15) is 8.42 Å². The molecule has 0 saturated carbocycles. The van der Waals surface area contributed by atoms with Crippen LogP contribution < -0.4 is 10.6 Å². The highest BCUT2D eigenvalue weighted by atomic mass is 32.2. The predicted molar refractivity (Wildman–Crippen MR) is 106 cm³/mol. The number of methoxy groups -OCH3 is 1. The number of pyridine rings is 1. The van der Waals surface area contributed by atoms with Crippen LogP contribution in [0.2, 0.25) is 0 Å². The van der Waals surface area contributed by atoms with Crippen LogP contribution in [0.25, 0.3) is 0 Å². The fraction of sp³-hybridized carbons (Fsp3) is 0.556. The lowest BCUT2D eigenvalue weighted by molar-refractivity contribution is -0.145. The first kappa shape index (κ1) is 26.2. The van der Waals surface area contributed by atoms with Crippen LogP contribution in [-0.4, -0.2) is 62.5 Å². The Labute approximate surface area is 179 Å². The summed E-state index contributed by atoms with van der Waals surface area (Å²) in [6.07, 6.45) is -1.30. The molecule has 0 bridgehead atoms. The van der Waals surface area contributed by atoms with E-state index in [-0.39, 0.29) is 12.2 Å². The Kier molecular flexibility index (Phi) is 8.87. The summed E-state index contributed by atoms with van der Waals surface area (Å²) in [5, 5.41) is 4.59. The van der Waals surface area contributed by atoms with Gasteiger partial charge in [0.2, 0.25) is 0 Å². The molecule has 1 aromatic heterocycles. The summed E-state index contributed by atoms with van der Waals surface area (Å²) in [6.45, 7) is 6.00. The van der Waals surface area contributed by atoms with Crippen molar-refractivity contribution >= 4 is 28.1 Å². The first-order chi connectivity index (χ1) is 14.1. The van der Waals surface area contributed by atoms with Crippen LogP contribution in [-0.2, 0) is 35.1 Å². The van der Waals surface area contributed by atoms with E-state index in [1.807, 2.05) is 0 Å². The van der Waals surface area contributed by atoms with E-state index in [1.165, 1.54) is 6.92 Å². The Bertz CT molecular complexity index is 930. The summed E-state index contributed by atoms with van der Waals surface area (Å²) in [5.41, 5.74) is -1.15. The number of carbonyl (C=O) groups is 3. The largest absolute Gasteiger partial charge is 0.467 e. The zero-order chi connectivity index (χ0) is 24.0. The molecule has 0 radical (unpaired) electrons. The van der Waals surface area contributed by atoms with Crippen molar-refractivity contribution in [1.29, 1.82) is 0 Å². The standard InChI is InChI=1S/C18H26FN3O8S/c1-10(30-31(6,26)27)14(16(24)28-5)22-15(23)13-8-11(19)7-12(21-13)9-20-17(25)29-18(2,3)4/h7-8,10,14H,9H2,1-6H3,(H,20,25)(H,22,23). The van der Waals surface area contributed by atoms with Crippen molar-refractivity contribution in [3.8, 4) is 0 Å². The molecule has 31 heavy (non-hydrogen) atoms. The molecule has 0 spiro atoms. The second-order valence-electron chi connectivity index (χ2n) is 7.50. The summed E-state index contributed by atoms with van der Waals surface area (Å²) >= 11 is 0. The highest BCUT2D eigenvalue weighted by molar-refractivity contribution is 7.86. The molecular weight excluding hydrogens is 437 g/mol. The molecule has 2 unspecified atom stereocenters. The van der Waals surface area contributed by atoms with Crippen molar-refractivity contribution in [2.45, 2.75) is 52.0 Å². The first-order valence-corrected chi connectivity index (χ1v) is 10.8. The van der Waals surface area contributed by atoms with Gasteiger partial charge in [0.05, 0.1) is 25.6 Å². The van der Waals surface area contributed by atoms with E-state index in [2.05, 4.69) is 20.4 Å². The molecular formula is C18H26FN3O8S. The van der Waals surface area contributed by atoms with Gasteiger partial charge in [-0.3, -0.25) is 8.98 Å². The number of halogens is 1. The fourth-order valence-electron chi connectivity index (χ4n) is 2.28. The average molecular weight is 463 g/mol. The van der Waals surface area contributed by atoms with E-state index in [0.717, 1.165) is 25.5 Å². The van der Waals surface area contributed by atoms with Crippen molar-refractivity contribution < 1.29 is 40.8 Å². The van der Waals surface area contributed by atoms with Crippen LogP contribution in [0.3, 0.4) is 0 Å². The number of hydrogen-bond acceptors (Lipinski definition) is 9. The second-order valence-corrected chi connectivity index (χ2v) is 9.10. The molecule has 1 rings (SSSR count). The third-order valence-electron chi connectivity index (χ3n) is 3.43. The number of carbonyl (C=O) groups excluding carboxylic acids is 3. The summed E-state index contributed by atoms with van der Waals surface area (Å²) < 4.78 is 50.9. The molecule has 2 atom stereocenters. The fourth-order valence-corrected chi connectivity index (χ4v) is 2.94. The van der Waals surface area contributed by atoms with E-state index in [0.29, 0.717) is 0 Å². The monoisotopic (exact) mass is 463 g/mol. The lowest BCUT2D eigenvalue weighted by atomic mass is 10.1. The first-order valence-electron chi connectivity index (χ1n) is 9.01. The predicted octanol–water partition coefficient (Wildman–Crippen LogP) is 0.882. The van der Waals surface area contributed by atoms with E-state index in [1.54, 1.807) is 20.8 Å². The van der Waals surface area contributed by atoms with Crippen LogP contribution >= 0.6 is 0 Å². The molecule has 0 fully saturated rings. The van der Waals surface area contributed by atoms with Gasteiger partial charge < -0.3 is 20.1 Å². The van der Waals surface area contributed by atoms with E-state index < -0.39 is 57.3 Å². The van der Waals surface area contributed by atoms with Gasteiger partial charge in [-0.25, -0.2) is 19.0 Å². The lowest BCUT2D eigenvalue weighted by Crippen LogP contribution is -2.49. The smallest absolute Gasteiger partial charge is 0.407 e. The Balaban J connectivity index is 2.98. The van der Waals surface area contributed by atoms with Gasteiger partial charge in [0.1, 0.15) is 23.2 Å². The normalized spacial score (nSPS) is 13.6. The second kappa shape index (κ2) is 10.5. The topological polar surface area (TPSA) is 150 Å². The number of amides is 2. The Hall–Kier alpha value is -2.80. The van der Waals surface area contributed by atoms with Crippen LogP contribution in [0.5, 0.6) is 0 Å². The minimum atomic E-state index is -3.94. The molecule has 0 aliphatic heterocycles. The zero-order valence-corrected chi connectivity index (χ0v) is 18.8. The van der Waals surface area contributed by atoms with Crippen molar-refractivity contribution in [3.05, 3.63) is 29.3 Å². The Morgan fingerprint density at radius 1 is 1.23 bits per heavy atom. The van der Waals surface area contributed by atoms with Gasteiger partial charge in [0, 0.05) is 6.07 Å². The summed E-state index contributed by atoms with van der Waals surface area (Å²) in [5.74, 6) is -2.79. The highest BCUT2D eigenvalue weighted by Crippen LogP contribution is 2.10. The third kappa shape index (κ3) is 9.70. The van der Waals surface area contributed by atoms with Gasteiger partial charge in [0.25, 0.3) is 16.0 Å². The molecule has 0 aliphatic rings. The summed E-state index contributed by atoms with van der Waals surface area (Å²) in [7, 11) is -2.90. The van der Waals surface area contributed by atoms with Crippen LogP contribution in [0.4, 0.5) is 9.18 Å². The summed E-state index contributed by atoms with van der Waals surface area (Å²) in [6, 6.07) is 0.296. The van der Waals surface area contributed by atoms with E-state index in [9.17, 15) is 27.2 Å². The zero-order valence-electron chi connectivity index (χ0n) is 18.0. The number of rotatable bonds is 8. The van der Waals surface area contributed by atoms with Gasteiger partial charge in [-0.1, -0.05) is 0 Å². The van der Waals surface area contributed by atoms with Crippen molar-refractivity contribution in [3.63, 3.8) is 0 Å². The molecule has 0 aliphatic carbocycles. The third-order valence-corrected chi connectivity index (χ3v) is 4.08. The molecule has 174 valence electrons. The minimum Gasteiger partial charge on any atom is -0.467 e. The number of alkyl carbamates (subject to hydrolysis) is 1. The number of nitrogens with zero attached hydrogens (tertiary/aromatic N) is 1. The maximum Gasteiger partial charge on any atom is 0.407 e. The van der Waals surface area contributed by atoms with E-state index >= 15 is 0 Å². The highest BCUT2D eigenvalue weighted by Gasteiger charge is 2.32. The number of esters is 1. The number of aromatic nitrogens is 1. The number of ether oxygens (including phenoxy) is 2. The van der Waals surface area contributed by atoms with Crippen LogP contribution in [0.15, 0.2) is 12.1 Å². The lowest BCUT2D eigenvalue weighted by Gasteiger charge is -2.22.